The van der Waals surface area contributed by atoms with Crippen LogP contribution in [0.4, 0.5) is 11.4 Å². The molecular weight excluding hydrogens is 575 g/mol. The number of benzene rings is 1. The van der Waals surface area contributed by atoms with Crippen molar-refractivity contribution in [3.63, 3.8) is 0 Å². The number of carbonyl (C=O) groups excluding carboxylic acids is 2. The Hall–Kier alpha value is 0.150. The van der Waals surface area contributed by atoms with Gasteiger partial charge in [-0.25, -0.2) is 0 Å². The average Bonchev–Trinajstić information content (AvgIpc) is 2.31. The largest absolute Gasteiger partial charge is 0.397 e. The molecular formula is C10H10I3N3O2. The lowest BCUT2D eigenvalue weighted by Gasteiger charge is -2.16. The molecule has 0 aliphatic rings. The number of nitrogen functional groups attached to an aromatic ring is 1. The van der Waals surface area contributed by atoms with E-state index in [9.17, 15) is 9.59 Å². The summed E-state index contributed by atoms with van der Waals surface area (Å²) in [7, 11) is 1.56. The quantitative estimate of drug-likeness (QED) is 0.369. The van der Waals surface area contributed by atoms with Crippen molar-refractivity contribution in [2.75, 3.05) is 18.1 Å². The number of nitrogens with two attached hydrogens (primary N) is 1. The summed E-state index contributed by atoms with van der Waals surface area (Å²) in [5.41, 5.74) is 7.54. The molecule has 18 heavy (non-hydrogen) atoms. The summed E-state index contributed by atoms with van der Waals surface area (Å²) in [6.07, 6.45) is 0. The molecule has 0 saturated carbocycles. The molecule has 0 aliphatic heterocycles. The highest BCUT2D eigenvalue weighted by atomic mass is 127. The van der Waals surface area contributed by atoms with Gasteiger partial charge in [-0.05, 0) is 67.8 Å². The Morgan fingerprint density at radius 2 is 1.67 bits per heavy atom. The van der Waals surface area contributed by atoms with E-state index in [4.69, 9.17) is 5.73 Å². The number of carbonyl (C=O) groups is 2. The van der Waals surface area contributed by atoms with Crippen molar-refractivity contribution in [1.29, 1.82) is 0 Å². The zero-order chi connectivity index (χ0) is 14.0. The molecule has 1 aromatic rings. The van der Waals surface area contributed by atoms with Crippen molar-refractivity contribution in [3.8, 4) is 0 Å². The Kier molecular flexibility index (Phi) is 5.89. The van der Waals surface area contributed by atoms with Crippen LogP contribution < -0.4 is 16.4 Å². The monoisotopic (exact) mass is 585 g/mol. The van der Waals surface area contributed by atoms with Crippen LogP contribution in [0.5, 0.6) is 0 Å². The summed E-state index contributed by atoms with van der Waals surface area (Å²) >= 11 is 6.14. The van der Waals surface area contributed by atoms with Gasteiger partial charge in [0.05, 0.1) is 27.6 Å². The minimum Gasteiger partial charge on any atom is -0.397 e. The number of amides is 2. The van der Waals surface area contributed by atoms with Crippen LogP contribution in [0, 0.1) is 10.7 Å². The van der Waals surface area contributed by atoms with E-state index in [1.807, 2.05) is 45.2 Å². The highest BCUT2D eigenvalue weighted by molar-refractivity contribution is 14.1. The zero-order valence-corrected chi connectivity index (χ0v) is 16.0. The lowest BCUT2D eigenvalue weighted by atomic mass is 10.1. The van der Waals surface area contributed by atoms with Crippen LogP contribution in [0.3, 0.4) is 0 Å². The van der Waals surface area contributed by atoms with Crippen molar-refractivity contribution in [2.45, 2.75) is 6.92 Å². The summed E-state index contributed by atoms with van der Waals surface area (Å²) in [5.74, 6) is -0.423. The van der Waals surface area contributed by atoms with Crippen LogP contribution in [-0.2, 0) is 4.79 Å². The van der Waals surface area contributed by atoms with Crippen LogP contribution in [-0.4, -0.2) is 18.9 Å². The van der Waals surface area contributed by atoms with E-state index in [1.54, 1.807) is 7.05 Å². The molecule has 0 radical (unpaired) electrons. The fourth-order valence-electron chi connectivity index (χ4n) is 1.29. The maximum Gasteiger partial charge on any atom is 0.253 e. The molecule has 4 N–H and O–H groups in total. The maximum absolute atomic E-state index is 11.9. The molecule has 2 amide bonds. The Bertz CT molecular complexity index is 532. The van der Waals surface area contributed by atoms with Crippen LogP contribution in [0.25, 0.3) is 0 Å². The van der Waals surface area contributed by atoms with Gasteiger partial charge < -0.3 is 16.4 Å². The summed E-state index contributed by atoms with van der Waals surface area (Å²) < 4.78 is 2.12. The molecule has 1 rings (SSSR count). The second kappa shape index (κ2) is 6.54. The second-order valence-electron chi connectivity index (χ2n) is 3.37. The van der Waals surface area contributed by atoms with E-state index in [0.717, 1.165) is 3.57 Å². The van der Waals surface area contributed by atoms with Gasteiger partial charge >= 0.3 is 0 Å². The van der Waals surface area contributed by atoms with Gasteiger partial charge in [0.25, 0.3) is 5.91 Å². The van der Waals surface area contributed by atoms with Crippen molar-refractivity contribution < 1.29 is 9.59 Å². The molecule has 0 aliphatic carbocycles. The van der Waals surface area contributed by atoms with Gasteiger partial charge in [-0.15, -0.1) is 0 Å². The summed E-state index contributed by atoms with van der Waals surface area (Å²) in [4.78, 5) is 23.1. The number of hydrogen-bond acceptors (Lipinski definition) is 3. The first kappa shape index (κ1) is 16.2. The Morgan fingerprint density at radius 1 is 1.11 bits per heavy atom. The molecule has 0 aromatic heterocycles. The first-order valence-corrected chi connectivity index (χ1v) is 8.00. The van der Waals surface area contributed by atoms with Crippen molar-refractivity contribution in [1.82, 2.24) is 5.32 Å². The first-order valence-electron chi connectivity index (χ1n) is 4.76. The topological polar surface area (TPSA) is 84.2 Å². The Labute approximate surface area is 145 Å². The first-order chi connectivity index (χ1) is 8.31. The highest BCUT2D eigenvalue weighted by Gasteiger charge is 2.23. The zero-order valence-electron chi connectivity index (χ0n) is 9.53. The second-order valence-corrected chi connectivity index (χ2v) is 6.60. The molecule has 0 saturated heterocycles. The lowest BCUT2D eigenvalue weighted by Crippen LogP contribution is -2.23. The Morgan fingerprint density at radius 3 is 2.11 bits per heavy atom. The summed E-state index contributed by atoms with van der Waals surface area (Å²) in [6.45, 7) is 1.42. The average molecular weight is 585 g/mol. The maximum atomic E-state index is 11.9. The van der Waals surface area contributed by atoms with Crippen LogP contribution >= 0.6 is 67.8 Å². The fraction of sp³-hybridized carbons (Fsp3) is 0.200. The van der Waals surface area contributed by atoms with Crippen molar-refractivity contribution >= 4 is 91.0 Å². The predicted octanol–water partition coefficient (Wildman–Crippen LogP) is 2.40. The molecule has 0 bridgehead atoms. The predicted molar refractivity (Wildman–Crippen MR) is 96.7 cm³/mol. The third-order valence-electron chi connectivity index (χ3n) is 2.11. The molecule has 98 valence electrons. The minimum absolute atomic E-state index is 0.200. The van der Waals surface area contributed by atoms with Gasteiger partial charge in [0.1, 0.15) is 0 Å². The van der Waals surface area contributed by atoms with Gasteiger partial charge in [-0.3, -0.25) is 9.59 Å². The number of halogens is 3. The molecule has 0 unspecified atom stereocenters. The summed E-state index contributed by atoms with van der Waals surface area (Å²) in [5, 5.41) is 5.28. The number of rotatable bonds is 2. The van der Waals surface area contributed by atoms with E-state index in [2.05, 4.69) is 33.2 Å². The minimum atomic E-state index is -0.224. The smallest absolute Gasteiger partial charge is 0.253 e. The van der Waals surface area contributed by atoms with Gasteiger partial charge in [0.2, 0.25) is 5.91 Å². The van der Waals surface area contributed by atoms with Gasteiger partial charge in [0.15, 0.2) is 0 Å². The van der Waals surface area contributed by atoms with E-state index in [0.29, 0.717) is 24.1 Å². The number of nitrogens with one attached hydrogen (secondary N) is 2. The third-order valence-corrected chi connectivity index (χ3v) is 5.43. The number of hydrogen-bond donors (Lipinski definition) is 3. The van der Waals surface area contributed by atoms with Crippen molar-refractivity contribution in [3.05, 3.63) is 16.3 Å². The van der Waals surface area contributed by atoms with Crippen LogP contribution in [0.15, 0.2) is 0 Å². The highest BCUT2D eigenvalue weighted by Crippen LogP contribution is 2.37. The lowest BCUT2D eigenvalue weighted by molar-refractivity contribution is -0.114. The molecule has 1 aromatic carbocycles. The molecule has 0 atom stereocenters. The van der Waals surface area contributed by atoms with Crippen molar-refractivity contribution in [2.24, 2.45) is 0 Å². The third kappa shape index (κ3) is 3.18. The number of anilines is 2. The van der Waals surface area contributed by atoms with Gasteiger partial charge in [-0.1, -0.05) is 0 Å². The van der Waals surface area contributed by atoms with E-state index in [1.165, 1.54) is 6.92 Å². The molecule has 0 spiro atoms. The van der Waals surface area contributed by atoms with Gasteiger partial charge in [-0.2, -0.15) is 0 Å². The molecule has 8 heteroatoms. The fourth-order valence-corrected chi connectivity index (χ4v) is 5.22. The normalized spacial score (nSPS) is 10.1. The summed E-state index contributed by atoms with van der Waals surface area (Å²) in [6, 6.07) is 0. The van der Waals surface area contributed by atoms with Crippen LogP contribution in [0.2, 0.25) is 0 Å². The Balaban J connectivity index is 3.59. The standard InChI is InChI=1S/C10H10I3N3O2/c1-3(17)16-9-6(12)4(10(18)15-2)5(11)8(14)7(9)13/h14H2,1-2H3,(H,15,18)(H,16,17). The molecule has 0 fully saturated rings. The van der Waals surface area contributed by atoms with E-state index >= 15 is 0 Å². The van der Waals surface area contributed by atoms with Gasteiger partial charge in [0, 0.05) is 14.0 Å². The van der Waals surface area contributed by atoms with E-state index in [-0.39, 0.29) is 11.8 Å². The molecule has 0 heterocycles. The van der Waals surface area contributed by atoms with Crippen LogP contribution in [0.1, 0.15) is 17.3 Å². The van der Waals surface area contributed by atoms with E-state index < -0.39 is 0 Å². The SMILES string of the molecule is CNC(=O)c1c(I)c(N)c(I)c(NC(C)=O)c1I. The molecule has 5 nitrogen and oxygen atoms in total.